The highest BCUT2D eigenvalue weighted by molar-refractivity contribution is 6.56. The fourth-order valence-electron chi connectivity index (χ4n) is 5.51. The molecule has 0 amide bonds. The maximum Gasteiger partial charge on any atom is 0.331 e. The van der Waals surface area contributed by atoms with Crippen molar-refractivity contribution in [1.29, 1.82) is 0 Å². The molecule has 1 aliphatic carbocycles. The first-order valence-electron chi connectivity index (χ1n) is 14.2. The van der Waals surface area contributed by atoms with Crippen LogP contribution in [0.1, 0.15) is 45.4 Å². The lowest BCUT2D eigenvalue weighted by molar-refractivity contribution is -0.0892. The molecule has 1 aliphatic rings. The van der Waals surface area contributed by atoms with Crippen molar-refractivity contribution in [3.8, 4) is 22.3 Å². The number of aliphatic hydroxyl groups is 1. The van der Waals surface area contributed by atoms with E-state index in [2.05, 4.69) is 84.9 Å². The third kappa shape index (κ3) is 4.50. The fourth-order valence-corrected chi connectivity index (χ4v) is 5.51. The van der Waals surface area contributed by atoms with Gasteiger partial charge in [0.25, 0.3) is 0 Å². The Labute approximate surface area is 240 Å². The van der Waals surface area contributed by atoms with E-state index in [1.807, 2.05) is 19.9 Å². The van der Waals surface area contributed by atoms with Crippen molar-refractivity contribution in [2.45, 2.75) is 51.7 Å². The Morgan fingerprint density at radius 1 is 0.683 bits per heavy atom. The Balaban J connectivity index is 1.25. The van der Waals surface area contributed by atoms with E-state index in [4.69, 9.17) is 13.5 Å². The molecule has 0 aliphatic heterocycles. The van der Waals surface area contributed by atoms with Crippen LogP contribution < -0.4 is 0 Å². The predicted octanol–water partition coefficient (Wildman–Crippen LogP) is 9.14. The van der Waals surface area contributed by atoms with Crippen LogP contribution in [0.5, 0.6) is 0 Å². The molecule has 4 aromatic carbocycles. The molecule has 4 nitrogen and oxygen atoms in total. The average molecular weight is 539 g/mol. The van der Waals surface area contributed by atoms with Crippen LogP contribution in [0, 0.1) is 0 Å². The van der Waals surface area contributed by atoms with Gasteiger partial charge in [0, 0.05) is 28.1 Å². The van der Waals surface area contributed by atoms with Crippen LogP contribution in [0.25, 0.3) is 60.6 Å². The van der Waals surface area contributed by atoms with E-state index < -0.39 is 11.2 Å². The van der Waals surface area contributed by atoms with Gasteiger partial charge in [-0.05, 0) is 98.2 Å². The van der Waals surface area contributed by atoms with E-state index in [0.717, 1.165) is 73.7 Å². The summed E-state index contributed by atoms with van der Waals surface area (Å²) in [5, 5.41) is 13.8. The summed E-state index contributed by atoms with van der Waals surface area (Å²) < 4.78 is 18.7. The Bertz CT molecular complexity index is 1950. The molecule has 203 valence electrons. The molecule has 0 bridgehead atoms. The minimum absolute atomic E-state index is 0.750. The average Bonchev–Trinajstić information content (AvgIpc) is 3.53. The molecule has 7 rings (SSSR count). The third-order valence-corrected chi connectivity index (χ3v) is 8.65. The minimum Gasteiger partial charge on any atom is -0.460 e. The van der Waals surface area contributed by atoms with Crippen molar-refractivity contribution < 1.29 is 18.6 Å². The molecule has 1 N–H and O–H groups in total. The molecular formula is C36H32BO4. The second kappa shape index (κ2) is 9.51. The molecule has 6 aromatic rings. The third-order valence-electron chi connectivity index (χ3n) is 8.65. The van der Waals surface area contributed by atoms with Gasteiger partial charge in [-0.3, -0.25) is 0 Å². The predicted molar refractivity (Wildman–Crippen MR) is 168 cm³/mol. The van der Waals surface area contributed by atoms with E-state index in [1.54, 1.807) is 21.3 Å². The summed E-state index contributed by atoms with van der Waals surface area (Å²) in [4.78, 5) is 0. The van der Waals surface area contributed by atoms with E-state index >= 15 is 0 Å². The van der Waals surface area contributed by atoms with Crippen molar-refractivity contribution in [1.82, 2.24) is 0 Å². The van der Waals surface area contributed by atoms with Crippen molar-refractivity contribution in [3.05, 3.63) is 102 Å². The second-order valence-electron chi connectivity index (χ2n) is 12.0. The fraction of sp³-hybridized carbons (Fsp3) is 0.222. The molecule has 0 saturated carbocycles. The van der Waals surface area contributed by atoms with E-state index in [1.165, 1.54) is 11.1 Å². The van der Waals surface area contributed by atoms with Gasteiger partial charge in [-0.15, -0.1) is 0 Å². The number of fused-ring (bicyclic) bond motifs is 6. The van der Waals surface area contributed by atoms with Crippen molar-refractivity contribution >= 4 is 45.9 Å². The highest BCUT2D eigenvalue weighted by Crippen LogP contribution is 2.40. The maximum absolute atomic E-state index is 10.6. The van der Waals surface area contributed by atoms with Gasteiger partial charge in [0.05, 0.1) is 11.2 Å². The summed E-state index contributed by atoms with van der Waals surface area (Å²) >= 11 is 0. The largest absolute Gasteiger partial charge is 0.460 e. The molecule has 2 aromatic heterocycles. The SMILES string of the molecule is CC(C)(O)C(C)(C)O[B]C1=CCCc2oc3ccc(-c4ccc5c(c4)oc4ccc(-c6ccccc6)cc45)cc3c21. The van der Waals surface area contributed by atoms with E-state index in [9.17, 15) is 5.11 Å². The standard InChI is InChI=1S/C36H32BO4/c1-35(2,38)36(3,4)41-37-29-11-8-12-32-34(29)28-20-24(15-18-31(28)39-32)25-13-16-26-27-19-23(22-9-6-5-7-10-22)14-17-30(27)40-33(26)21-25/h5-7,9-11,13-21,38H,8,12H2,1-4H3. The zero-order chi connectivity index (χ0) is 28.4. The lowest BCUT2D eigenvalue weighted by atomic mass is 9.75. The molecule has 0 atom stereocenters. The van der Waals surface area contributed by atoms with Gasteiger partial charge in [0.1, 0.15) is 22.5 Å². The van der Waals surface area contributed by atoms with Gasteiger partial charge in [-0.25, -0.2) is 0 Å². The molecule has 0 saturated heterocycles. The Hall–Kier alpha value is -4.06. The summed E-state index contributed by atoms with van der Waals surface area (Å²) in [7, 11) is 1.78. The van der Waals surface area contributed by atoms with Crippen LogP contribution in [0.15, 0.2) is 99.8 Å². The molecular weight excluding hydrogens is 507 g/mol. The van der Waals surface area contributed by atoms with Crippen LogP contribution in [-0.2, 0) is 11.1 Å². The number of aryl methyl sites for hydroxylation is 1. The highest BCUT2D eigenvalue weighted by atomic mass is 16.5. The summed E-state index contributed by atoms with van der Waals surface area (Å²) in [6.45, 7) is 7.33. The van der Waals surface area contributed by atoms with Gasteiger partial charge in [-0.1, -0.05) is 54.6 Å². The first-order chi connectivity index (χ1) is 19.7. The maximum atomic E-state index is 10.6. The quantitative estimate of drug-likeness (QED) is 0.215. The Morgan fingerprint density at radius 3 is 2.10 bits per heavy atom. The van der Waals surface area contributed by atoms with Crippen LogP contribution in [0.3, 0.4) is 0 Å². The second-order valence-corrected chi connectivity index (χ2v) is 12.0. The zero-order valence-electron chi connectivity index (χ0n) is 23.8. The Morgan fingerprint density at radius 2 is 1.34 bits per heavy atom. The number of rotatable bonds is 6. The number of furan rings is 2. The monoisotopic (exact) mass is 539 g/mol. The van der Waals surface area contributed by atoms with Gasteiger partial charge >= 0.3 is 7.48 Å². The smallest absolute Gasteiger partial charge is 0.331 e. The molecule has 2 heterocycles. The normalized spacial score (nSPS) is 14.0. The van der Waals surface area contributed by atoms with Crippen LogP contribution in [0.2, 0.25) is 0 Å². The highest BCUT2D eigenvalue weighted by Gasteiger charge is 2.36. The first-order valence-corrected chi connectivity index (χ1v) is 14.2. The number of hydrogen-bond acceptors (Lipinski definition) is 4. The van der Waals surface area contributed by atoms with Crippen molar-refractivity contribution in [3.63, 3.8) is 0 Å². The van der Waals surface area contributed by atoms with Crippen molar-refractivity contribution in [2.24, 2.45) is 0 Å². The van der Waals surface area contributed by atoms with Crippen LogP contribution in [0.4, 0.5) is 0 Å². The number of benzene rings is 4. The molecule has 5 heteroatoms. The Kier molecular flexibility index (Phi) is 6.00. The first kappa shape index (κ1) is 25.9. The van der Waals surface area contributed by atoms with Gasteiger partial charge in [-0.2, -0.15) is 0 Å². The van der Waals surface area contributed by atoms with E-state index in [-0.39, 0.29) is 0 Å². The van der Waals surface area contributed by atoms with Gasteiger partial charge < -0.3 is 18.6 Å². The zero-order valence-corrected chi connectivity index (χ0v) is 23.8. The molecule has 41 heavy (non-hydrogen) atoms. The van der Waals surface area contributed by atoms with Crippen molar-refractivity contribution in [2.75, 3.05) is 0 Å². The van der Waals surface area contributed by atoms with E-state index in [0.29, 0.717) is 0 Å². The summed E-state index contributed by atoms with van der Waals surface area (Å²) in [5.41, 5.74) is 7.47. The topological polar surface area (TPSA) is 55.7 Å². The van der Waals surface area contributed by atoms with Gasteiger partial charge in [0.2, 0.25) is 0 Å². The summed E-state index contributed by atoms with van der Waals surface area (Å²) in [6, 6.07) is 29.6. The lowest BCUT2D eigenvalue weighted by Crippen LogP contribution is -2.48. The molecule has 1 radical (unpaired) electrons. The van der Waals surface area contributed by atoms with Crippen LogP contribution in [-0.4, -0.2) is 23.8 Å². The molecule has 0 unspecified atom stereocenters. The summed E-state index contributed by atoms with van der Waals surface area (Å²) in [6.07, 6.45) is 3.92. The molecule has 0 fully saturated rings. The number of allylic oxidation sites excluding steroid dienone is 1. The van der Waals surface area contributed by atoms with Crippen LogP contribution >= 0.6 is 0 Å². The summed E-state index contributed by atoms with van der Waals surface area (Å²) in [5.74, 6) is 0.970. The minimum atomic E-state index is -0.994. The van der Waals surface area contributed by atoms with Gasteiger partial charge in [0.15, 0.2) is 0 Å². The number of hydrogen-bond donors (Lipinski definition) is 1. The lowest BCUT2D eigenvalue weighted by Gasteiger charge is -2.38. The molecule has 0 spiro atoms.